The van der Waals surface area contributed by atoms with Crippen molar-refractivity contribution in [2.45, 2.75) is 25.6 Å². The summed E-state index contributed by atoms with van der Waals surface area (Å²) in [4.78, 5) is 18.4. The highest BCUT2D eigenvalue weighted by Gasteiger charge is 2.31. The Morgan fingerprint density at radius 3 is 2.86 bits per heavy atom. The van der Waals surface area contributed by atoms with Crippen molar-refractivity contribution in [2.75, 3.05) is 6.54 Å². The molecule has 0 unspecified atom stereocenters. The number of likely N-dealkylation sites (tertiary alicyclic amines) is 1. The van der Waals surface area contributed by atoms with Crippen LogP contribution in [0.4, 0.5) is 0 Å². The molecule has 0 bridgehead atoms. The van der Waals surface area contributed by atoms with Crippen molar-refractivity contribution in [2.24, 2.45) is 7.05 Å². The van der Waals surface area contributed by atoms with E-state index in [1.807, 2.05) is 40.9 Å². The summed E-state index contributed by atoms with van der Waals surface area (Å²) >= 11 is 0. The second-order valence-corrected chi connectivity index (χ2v) is 5.46. The molecule has 0 aliphatic carbocycles. The second-order valence-electron chi connectivity index (χ2n) is 5.46. The number of nitrogens with zero attached hydrogens (tertiary/aromatic N) is 3. The van der Waals surface area contributed by atoms with E-state index in [9.17, 15) is 4.79 Å². The maximum absolute atomic E-state index is 12.4. The molecule has 1 N–H and O–H groups in total. The molecule has 2 aromatic rings. The van der Waals surface area contributed by atoms with E-state index < -0.39 is 0 Å². The number of rotatable bonds is 5. The van der Waals surface area contributed by atoms with Gasteiger partial charge in [-0.25, -0.2) is 4.98 Å². The molecule has 1 saturated heterocycles. The van der Waals surface area contributed by atoms with Gasteiger partial charge in [-0.2, -0.15) is 0 Å². The fourth-order valence-electron chi connectivity index (χ4n) is 2.67. The van der Waals surface area contributed by atoms with Gasteiger partial charge in [0.1, 0.15) is 0 Å². The van der Waals surface area contributed by atoms with Crippen LogP contribution in [0.5, 0.6) is 0 Å². The fourth-order valence-corrected chi connectivity index (χ4v) is 2.67. The molecular formula is C16H20N4O. The molecule has 3 rings (SSSR count). The molecule has 1 aromatic carbocycles. The van der Waals surface area contributed by atoms with E-state index in [2.05, 4.69) is 22.4 Å². The molecule has 0 saturated carbocycles. The molecule has 1 amide bonds. The monoisotopic (exact) mass is 284 g/mol. The number of aromatic nitrogens is 2. The summed E-state index contributed by atoms with van der Waals surface area (Å²) in [5.74, 6) is 0.195. The summed E-state index contributed by atoms with van der Waals surface area (Å²) in [5.41, 5.74) is 2.27. The standard InChI is InChI=1S/C16H20N4O/c1-19-12-17-9-14(19)10-18-15-7-8-20(16(15)21)11-13-5-3-2-4-6-13/h2-6,9,12,15,18H,7-8,10-11H2,1H3/t15-/m1/s1. The first-order valence-corrected chi connectivity index (χ1v) is 7.25. The summed E-state index contributed by atoms with van der Waals surface area (Å²) in [6.45, 7) is 2.19. The summed E-state index contributed by atoms with van der Waals surface area (Å²) in [6.07, 6.45) is 4.47. The van der Waals surface area contributed by atoms with Gasteiger partial charge in [0.2, 0.25) is 5.91 Å². The van der Waals surface area contributed by atoms with Crippen LogP contribution in [0.2, 0.25) is 0 Å². The lowest BCUT2D eigenvalue weighted by Crippen LogP contribution is -2.37. The Balaban J connectivity index is 1.55. The minimum Gasteiger partial charge on any atom is -0.337 e. The zero-order valence-corrected chi connectivity index (χ0v) is 12.2. The van der Waals surface area contributed by atoms with E-state index in [1.54, 1.807) is 6.33 Å². The minimum absolute atomic E-state index is 0.0800. The molecule has 110 valence electrons. The molecule has 2 heterocycles. The summed E-state index contributed by atoms with van der Waals surface area (Å²) in [5, 5.41) is 3.34. The third-order valence-electron chi connectivity index (χ3n) is 3.96. The molecule has 5 nitrogen and oxygen atoms in total. The van der Waals surface area contributed by atoms with Crippen LogP contribution in [0.1, 0.15) is 17.7 Å². The van der Waals surface area contributed by atoms with Crippen LogP contribution < -0.4 is 5.32 Å². The average Bonchev–Trinajstić information content (AvgIpc) is 3.06. The number of nitrogens with one attached hydrogen (secondary N) is 1. The van der Waals surface area contributed by atoms with E-state index in [-0.39, 0.29) is 11.9 Å². The number of hydrogen-bond donors (Lipinski definition) is 1. The summed E-state index contributed by atoms with van der Waals surface area (Å²) < 4.78 is 1.97. The van der Waals surface area contributed by atoms with E-state index in [0.29, 0.717) is 13.1 Å². The van der Waals surface area contributed by atoms with Gasteiger partial charge in [-0.15, -0.1) is 0 Å². The quantitative estimate of drug-likeness (QED) is 0.900. The van der Waals surface area contributed by atoms with Gasteiger partial charge in [-0.3, -0.25) is 4.79 Å². The van der Waals surface area contributed by atoms with Crippen LogP contribution in [0, 0.1) is 0 Å². The average molecular weight is 284 g/mol. The van der Waals surface area contributed by atoms with Crippen molar-refractivity contribution in [1.82, 2.24) is 19.8 Å². The lowest BCUT2D eigenvalue weighted by atomic mass is 10.2. The zero-order valence-electron chi connectivity index (χ0n) is 12.2. The maximum Gasteiger partial charge on any atom is 0.240 e. The molecule has 1 fully saturated rings. The van der Waals surface area contributed by atoms with Crippen LogP contribution in [-0.2, 0) is 24.9 Å². The highest BCUT2D eigenvalue weighted by Crippen LogP contribution is 2.15. The van der Waals surface area contributed by atoms with Crippen LogP contribution in [0.25, 0.3) is 0 Å². The fraction of sp³-hybridized carbons (Fsp3) is 0.375. The molecular weight excluding hydrogens is 264 g/mol. The number of benzene rings is 1. The number of carbonyl (C=O) groups is 1. The van der Waals surface area contributed by atoms with E-state index in [1.165, 1.54) is 5.56 Å². The molecule has 1 aliphatic rings. The van der Waals surface area contributed by atoms with Crippen LogP contribution in [0.3, 0.4) is 0 Å². The van der Waals surface area contributed by atoms with Gasteiger partial charge in [0.05, 0.1) is 18.1 Å². The van der Waals surface area contributed by atoms with Crippen LogP contribution in [0.15, 0.2) is 42.9 Å². The number of amides is 1. The Labute approximate surface area is 124 Å². The Morgan fingerprint density at radius 1 is 1.33 bits per heavy atom. The van der Waals surface area contributed by atoms with Crippen molar-refractivity contribution in [3.8, 4) is 0 Å². The van der Waals surface area contributed by atoms with E-state index >= 15 is 0 Å². The molecule has 21 heavy (non-hydrogen) atoms. The topological polar surface area (TPSA) is 50.2 Å². The first kappa shape index (κ1) is 13.8. The lowest BCUT2D eigenvalue weighted by Gasteiger charge is -2.17. The summed E-state index contributed by atoms with van der Waals surface area (Å²) in [7, 11) is 1.96. The van der Waals surface area contributed by atoms with Crippen LogP contribution >= 0.6 is 0 Å². The Morgan fingerprint density at radius 2 is 2.14 bits per heavy atom. The first-order valence-electron chi connectivity index (χ1n) is 7.25. The molecule has 1 aromatic heterocycles. The van der Waals surface area contributed by atoms with Gasteiger partial charge >= 0.3 is 0 Å². The minimum atomic E-state index is -0.0800. The largest absolute Gasteiger partial charge is 0.337 e. The Hall–Kier alpha value is -2.14. The van der Waals surface area contributed by atoms with Crippen molar-refractivity contribution in [1.29, 1.82) is 0 Å². The van der Waals surface area contributed by atoms with Gasteiger partial charge in [0.25, 0.3) is 0 Å². The molecule has 0 spiro atoms. The number of hydrogen-bond acceptors (Lipinski definition) is 3. The third kappa shape index (κ3) is 3.13. The zero-order chi connectivity index (χ0) is 14.7. The van der Waals surface area contributed by atoms with Crippen molar-refractivity contribution < 1.29 is 4.79 Å². The van der Waals surface area contributed by atoms with Crippen molar-refractivity contribution in [3.63, 3.8) is 0 Å². The number of aryl methyl sites for hydroxylation is 1. The third-order valence-corrected chi connectivity index (χ3v) is 3.96. The molecule has 5 heteroatoms. The number of carbonyl (C=O) groups excluding carboxylic acids is 1. The summed E-state index contributed by atoms with van der Waals surface area (Å²) in [6, 6.07) is 10.0. The van der Waals surface area contributed by atoms with Crippen molar-refractivity contribution >= 4 is 5.91 Å². The van der Waals surface area contributed by atoms with E-state index in [0.717, 1.165) is 18.7 Å². The van der Waals surface area contributed by atoms with Crippen molar-refractivity contribution in [3.05, 3.63) is 54.1 Å². The van der Waals surface area contributed by atoms with Gasteiger partial charge < -0.3 is 14.8 Å². The second kappa shape index (κ2) is 6.10. The lowest BCUT2D eigenvalue weighted by molar-refractivity contribution is -0.129. The molecule has 1 atom stereocenters. The predicted octanol–water partition coefficient (Wildman–Crippen LogP) is 1.31. The Kier molecular flexibility index (Phi) is 4.01. The smallest absolute Gasteiger partial charge is 0.240 e. The first-order chi connectivity index (χ1) is 10.2. The van der Waals surface area contributed by atoms with Gasteiger partial charge in [-0.05, 0) is 12.0 Å². The van der Waals surface area contributed by atoms with Crippen LogP contribution in [-0.4, -0.2) is 32.9 Å². The predicted molar refractivity (Wildman–Crippen MR) is 80.3 cm³/mol. The SMILES string of the molecule is Cn1cncc1CN[C@@H]1CCN(Cc2ccccc2)C1=O. The molecule has 0 radical (unpaired) electrons. The van der Waals surface area contributed by atoms with E-state index in [4.69, 9.17) is 0 Å². The van der Waals surface area contributed by atoms with Gasteiger partial charge in [0, 0.05) is 32.9 Å². The Bertz CT molecular complexity index is 608. The van der Waals surface area contributed by atoms with Gasteiger partial charge in [0.15, 0.2) is 0 Å². The molecule has 1 aliphatic heterocycles. The highest BCUT2D eigenvalue weighted by atomic mass is 16.2. The normalized spacial score (nSPS) is 18.4. The maximum atomic E-state index is 12.4. The highest BCUT2D eigenvalue weighted by molar-refractivity contribution is 5.83. The number of imidazole rings is 1. The van der Waals surface area contributed by atoms with Gasteiger partial charge in [-0.1, -0.05) is 30.3 Å².